The van der Waals surface area contributed by atoms with E-state index in [2.05, 4.69) is 4.74 Å². The number of anilines is 1. The van der Waals surface area contributed by atoms with Gasteiger partial charge in [-0.25, -0.2) is 13.2 Å². The second-order valence-corrected chi connectivity index (χ2v) is 9.13. The van der Waals surface area contributed by atoms with Crippen LogP contribution >= 0.6 is 11.3 Å². The summed E-state index contributed by atoms with van der Waals surface area (Å²) in [4.78, 5) is 26.4. The first-order chi connectivity index (χ1) is 13.9. The van der Waals surface area contributed by atoms with Crippen molar-refractivity contribution in [3.8, 4) is 0 Å². The Morgan fingerprint density at radius 3 is 2.59 bits per heavy atom. The van der Waals surface area contributed by atoms with E-state index in [9.17, 15) is 18.0 Å². The molecule has 0 spiro atoms. The number of nitrogens with zero attached hydrogens (tertiary/aromatic N) is 2. The van der Waals surface area contributed by atoms with Gasteiger partial charge in [-0.05, 0) is 12.1 Å². The van der Waals surface area contributed by atoms with Crippen LogP contribution in [0.5, 0.6) is 0 Å². The summed E-state index contributed by atoms with van der Waals surface area (Å²) in [5, 5.41) is 3.39. The van der Waals surface area contributed by atoms with E-state index in [0.717, 1.165) is 11.3 Å². The predicted molar refractivity (Wildman–Crippen MR) is 109 cm³/mol. The third-order valence-electron chi connectivity index (χ3n) is 4.89. The first-order valence-corrected chi connectivity index (χ1v) is 11.2. The van der Waals surface area contributed by atoms with E-state index in [1.165, 1.54) is 28.4 Å². The minimum atomic E-state index is -3.84. The van der Waals surface area contributed by atoms with E-state index in [4.69, 9.17) is 4.42 Å². The fourth-order valence-electron chi connectivity index (χ4n) is 3.34. The quantitative estimate of drug-likeness (QED) is 0.581. The van der Waals surface area contributed by atoms with Crippen LogP contribution in [0.15, 0.2) is 55.4 Å². The van der Waals surface area contributed by atoms with Gasteiger partial charge in [0.2, 0.25) is 15.5 Å². The number of rotatable bonds is 4. The Balaban J connectivity index is 1.56. The molecule has 0 unspecified atom stereocenters. The molecule has 152 valence electrons. The van der Waals surface area contributed by atoms with E-state index in [0.29, 0.717) is 29.7 Å². The zero-order valence-corrected chi connectivity index (χ0v) is 17.2. The lowest BCUT2D eigenvalue weighted by Gasteiger charge is -2.34. The predicted octanol–water partition coefficient (Wildman–Crippen LogP) is 2.15. The number of para-hydroxylation sites is 1. The van der Waals surface area contributed by atoms with E-state index < -0.39 is 16.0 Å². The van der Waals surface area contributed by atoms with Gasteiger partial charge in [0.15, 0.2) is 0 Å². The summed E-state index contributed by atoms with van der Waals surface area (Å²) in [6.07, 6.45) is 1.42. The number of carbonyl (C=O) groups excluding carboxylic acids is 1. The molecule has 8 nitrogen and oxygen atoms in total. The van der Waals surface area contributed by atoms with Crippen LogP contribution in [0.2, 0.25) is 0 Å². The lowest BCUT2D eigenvalue weighted by atomic mass is 10.2. The molecule has 0 saturated carbocycles. The molecule has 0 N–H and O–H groups in total. The summed E-state index contributed by atoms with van der Waals surface area (Å²) < 4.78 is 37.6. The molecule has 1 aliphatic rings. The third-order valence-corrected chi connectivity index (χ3v) is 7.72. The molecule has 1 saturated heterocycles. The van der Waals surface area contributed by atoms with Gasteiger partial charge in [-0.15, -0.1) is 0 Å². The Morgan fingerprint density at radius 2 is 1.86 bits per heavy atom. The van der Waals surface area contributed by atoms with E-state index >= 15 is 0 Å². The van der Waals surface area contributed by atoms with Gasteiger partial charge in [-0.3, -0.25) is 4.79 Å². The number of hydrogen-bond acceptors (Lipinski definition) is 8. The first-order valence-electron chi connectivity index (χ1n) is 8.83. The zero-order valence-electron chi connectivity index (χ0n) is 15.5. The second kappa shape index (κ2) is 7.62. The zero-order chi connectivity index (χ0) is 20.6. The number of benzene rings is 1. The number of sulfonamides is 1. The van der Waals surface area contributed by atoms with Crippen LogP contribution in [0, 0.1) is 0 Å². The van der Waals surface area contributed by atoms with Crippen LogP contribution in [0.1, 0.15) is 10.4 Å². The van der Waals surface area contributed by atoms with Crippen molar-refractivity contribution in [2.75, 3.05) is 38.2 Å². The fraction of sp³-hybridized carbons (Fsp3) is 0.263. The Kier molecular flexibility index (Phi) is 5.15. The van der Waals surface area contributed by atoms with Crippen molar-refractivity contribution in [2.24, 2.45) is 0 Å². The van der Waals surface area contributed by atoms with Gasteiger partial charge in [0, 0.05) is 36.9 Å². The summed E-state index contributed by atoms with van der Waals surface area (Å²) >= 11 is 1.13. The molecule has 29 heavy (non-hydrogen) atoms. The van der Waals surface area contributed by atoms with Crippen molar-refractivity contribution >= 4 is 44.0 Å². The Bertz CT molecular complexity index is 1220. The lowest BCUT2D eigenvalue weighted by Crippen LogP contribution is -2.49. The highest BCUT2D eigenvalue weighted by atomic mass is 32.2. The molecule has 1 aliphatic heterocycles. The van der Waals surface area contributed by atoms with Gasteiger partial charge < -0.3 is 14.1 Å². The van der Waals surface area contributed by atoms with Gasteiger partial charge in [-0.2, -0.15) is 15.6 Å². The number of hydrogen-bond donors (Lipinski definition) is 0. The molecule has 0 amide bonds. The maximum Gasteiger partial charge on any atom is 0.340 e. The van der Waals surface area contributed by atoms with Crippen LogP contribution < -0.4 is 10.3 Å². The second-order valence-electron chi connectivity index (χ2n) is 6.48. The standard InChI is InChI=1S/C19H18N2O6S2/c1-26-19(23)14-11-28-12-17(14)29(24,25)21-8-6-20(7-9-21)15-10-27-16-5-3-2-4-13(16)18(15)22/h2-5,10-12H,6-9H2,1H3. The number of thiophene rings is 1. The summed E-state index contributed by atoms with van der Waals surface area (Å²) in [5.74, 6) is -0.683. The van der Waals surface area contributed by atoms with E-state index in [1.807, 2.05) is 4.90 Å². The molecular formula is C19H18N2O6S2. The van der Waals surface area contributed by atoms with Gasteiger partial charge >= 0.3 is 5.97 Å². The highest BCUT2D eigenvalue weighted by Gasteiger charge is 2.33. The summed E-state index contributed by atoms with van der Waals surface area (Å²) in [7, 11) is -2.63. The largest absolute Gasteiger partial charge is 0.465 e. The van der Waals surface area contributed by atoms with Crippen molar-refractivity contribution in [3.63, 3.8) is 0 Å². The average Bonchev–Trinajstić information content (AvgIpc) is 3.25. The molecule has 0 radical (unpaired) electrons. The number of ether oxygens (including phenoxy) is 1. The SMILES string of the molecule is COC(=O)c1cscc1S(=O)(=O)N1CCN(c2coc3ccccc3c2=O)CC1. The van der Waals surface area contributed by atoms with Crippen molar-refractivity contribution in [1.29, 1.82) is 0 Å². The molecule has 0 atom stereocenters. The molecule has 4 rings (SSSR count). The van der Waals surface area contributed by atoms with Crippen LogP contribution in [0.4, 0.5) is 5.69 Å². The van der Waals surface area contributed by atoms with E-state index in [1.54, 1.807) is 24.3 Å². The Morgan fingerprint density at radius 1 is 1.14 bits per heavy atom. The third kappa shape index (κ3) is 3.43. The molecule has 3 aromatic rings. The molecule has 10 heteroatoms. The van der Waals surface area contributed by atoms with Crippen LogP contribution in [-0.2, 0) is 14.8 Å². The number of esters is 1. The summed E-state index contributed by atoms with van der Waals surface area (Å²) in [5.41, 5.74) is 0.811. The van der Waals surface area contributed by atoms with Gasteiger partial charge in [0.1, 0.15) is 22.4 Å². The first kappa shape index (κ1) is 19.6. The highest BCUT2D eigenvalue weighted by Crippen LogP contribution is 2.26. The normalized spacial score (nSPS) is 15.6. The molecule has 3 heterocycles. The van der Waals surface area contributed by atoms with Crippen LogP contribution in [0.25, 0.3) is 11.0 Å². The highest BCUT2D eigenvalue weighted by molar-refractivity contribution is 7.89. The van der Waals surface area contributed by atoms with Crippen molar-refractivity contribution < 1.29 is 22.4 Å². The lowest BCUT2D eigenvalue weighted by molar-refractivity contribution is 0.0597. The minimum absolute atomic E-state index is 0.0371. The Labute approximate surface area is 171 Å². The van der Waals surface area contributed by atoms with E-state index in [-0.39, 0.29) is 29.0 Å². The number of methoxy groups -OCH3 is 1. The van der Waals surface area contributed by atoms with Gasteiger partial charge in [0.05, 0.1) is 18.1 Å². The van der Waals surface area contributed by atoms with Crippen LogP contribution in [-0.4, -0.2) is 52.0 Å². The van der Waals surface area contributed by atoms with Gasteiger partial charge in [-0.1, -0.05) is 12.1 Å². The Hall–Kier alpha value is -2.69. The van der Waals surface area contributed by atoms with Crippen LogP contribution in [0.3, 0.4) is 0 Å². The van der Waals surface area contributed by atoms with Crippen molar-refractivity contribution in [2.45, 2.75) is 4.90 Å². The van der Waals surface area contributed by atoms with Crippen molar-refractivity contribution in [3.05, 3.63) is 57.1 Å². The topological polar surface area (TPSA) is 97.1 Å². The summed E-state index contributed by atoms with van der Waals surface area (Å²) in [6.45, 7) is 1.04. The number of carbonyl (C=O) groups is 1. The number of piperazine rings is 1. The van der Waals surface area contributed by atoms with Gasteiger partial charge in [0.25, 0.3) is 0 Å². The molecule has 1 aromatic carbocycles. The average molecular weight is 434 g/mol. The fourth-order valence-corrected chi connectivity index (χ4v) is 6.09. The molecule has 1 fully saturated rings. The smallest absolute Gasteiger partial charge is 0.340 e. The minimum Gasteiger partial charge on any atom is -0.465 e. The molecule has 2 aromatic heterocycles. The summed E-state index contributed by atoms with van der Waals surface area (Å²) in [6, 6.07) is 7.00. The maximum atomic E-state index is 13.0. The maximum absolute atomic E-state index is 13.0. The number of fused-ring (bicyclic) bond motifs is 1. The monoisotopic (exact) mass is 434 g/mol. The molecule has 0 bridgehead atoms. The van der Waals surface area contributed by atoms with Crippen molar-refractivity contribution in [1.82, 2.24) is 4.31 Å². The molecular weight excluding hydrogens is 416 g/mol. The molecule has 0 aliphatic carbocycles.